The van der Waals surface area contributed by atoms with Gasteiger partial charge in [0.15, 0.2) is 0 Å². The molecule has 4 rings (SSSR count). The first-order chi connectivity index (χ1) is 14.3. The summed E-state index contributed by atoms with van der Waals surface area (Å²) in [5, 5.41) is 0. The van der Waals surface area contributed by atoms with Gasteiger partial charge in [-0.15, -0.1) is 0 Å². The standard InChI is InChI=1S/C25H20N2O2/c28-25(23(27-16-15-26-19-27)17-20-9-3-1-4-10-20)22-13-7-8-14-24(22)29-18-21-11-5-2-6-12-21/h1-17,19H,18H2. The van der Waals surface area contributed by atoms with Gasteiger partial charge < -0.3 is 9.30 Å². The number of hydrogen-bond acceptors (Lipinski definition) is 3. The molecule has 0 saturated heterocycles. The Morgan fingerprint density at radius 3 is 2.31 bits per heavy atom. The van der Waals surface area contributed by atoms with Gasteiger partial charge in [-0.25, -0.2) is 4.98 Å². The predicted octanol–water partition coefficient (Wildman–Crippen LogP) is 5.34. The van der Waals surface area contributed by atoms with Crippen LogP contribution in [0.2, 0.25) is 0 Å². The predicted molar refractivity (Wildman–Crippen MR) is 114 cm³/mol. The van der Waals surface area contributed by atoms with Crippen LogP contribution in [0.1, 0.15) is 21.5 Å². The van der Waals surface area contributed by atoms with E-state index in [1.807, 2.05) is 84.9 Å². The van der Waals surface area contributed by atoms with Crippen molar-refractivity contribution in [1.82, 2.24) is 9.55 Å². The van der Waals surface area contributed by atoms with Crippen molar-refractivity contribution in [1.29, 1.82) is 0 Å². The van der Waals surface area contributed by atoms with Crippen molar-refractivity contribution in [2.24, 2.45) is 0 Å². The Kier molecular flexibility index (Phi) is 5.63. The first kappa shape index (κ1) is 18.4. The van der Waals surface area contributed by atoms with E-state index in [9.17, 15) is 4.79 Å². The van der Waals surface area contributed by atoms with Gasteiger partial charge in [-0.05, 0) is 29.3 Å². The maximum Gasteiger partial charge on any atom is 0.213 e. The molecule has 0 fully saturated rings. The molecule has 0 amide bonds. The zero-order chi connectivity index (χ0) is 19.9. The number of nitrogens with zero attached hydrogens (tertiary/aromatic N) is 2. The lowest BCUT2D eigenvalue weighted by Gasteiger charge is -2.13. The Labute approximate surface area is 169 Å². The van der Waals surface area contributed by atoms with Gasteiger partial charge in [0.1, 0.15) is 12.4 Å². The van der Waals surface area contributed by atoms with Crippen LogP contribution in [0.3, 0.4) is 0 Å². The van der Waals surface area contributed by atoms with E-state index in [2.05, 4.69) is 4.98 Å². The minimum atomic E-state index is -0.129. The Balaban J connectivity index is 1.67. The summed E-state index contributed by atoms with van der Waals surface area (Å²) in [4.78, 5) is 17.6. The molecule has 3 aromatic carbocycles. The molecular formula is C25H20N2O2. The second-order valence-corrected chi connectivity index (χ2v) is 6.51. The van der Waals surface area contributed by atoms with Crippen LogP contribution in [0.5, 0.6) is 5.75 Å². The van der Waals surface area contributed by atoms with E-state index in [0.717, 1.165) is 11.1 Å². The number of allylic oxidation sites excluding steroid dienone is 1. The van der Waals surface area contributed by atoms with E-state index in [-0.39, 0.29) is 5.78 Å². The molecule has 29 heavy (non-hydrogen) atoms. The van der Waals surface area contributed by atoms with Gasteiger partial charge in [-0.2, -0.15) is 0 Å². The van der Waals surface area contributed by atoms with Gasteiger partial charge in [-0.3, -0.25) is 4.79 Å². The van der Waals surface area contributed by atoms with Crippen LogP contribution in [-0.2, 0) is 6.61 Å². The minimum Gasteiger partial charge on any atom is -0.488 e. The van der Waals surface area contributed by atoms with Crippen molar-refractivity contribution in [2.75, 3.05) is 0 Å². The lowest BCUT2D eigenvalue weighted by molar-refractivity contribution is 0.104. The number of ether oxygens (including phenoxy) is 1. The Morgan fingerprint density at radius 2 is 1.59 bits per heavy atom. The molecule has 1 heterocycles. The van der Waals surface area contributed by atoms with Crippen molar-refractivity contribution >= 4 is 17.6 Å². The molecule has 0 radical (unpaired) electrons. The summed E-state index contributed by atoms with van der Waals surface area (Å²) in [7, 11) is 0. The Hall–Kier alpha value is -3.92. The third kappa shape index (κ3) is 4.50. The Bertz CT molecular complexity index is 1100. The average Bonchev–Trinajstić information content (AvgIpc) is 3.32. The van der Waals surface area contributed by atoms with E-state index >= 15 is 0 Å². The number of carbonyl (C=O) groups excluding carboxylic acids is 1. The van der Waals surface area contributed by atoms with Gasteiger partial charge in [-0.1, -0.05) is 72.8 Å². The largest absolute Gasteiger partial charge is 0.488 e. The van der Waals surface area contributed by atoms with E-state index in [1.54, 1.807) is 29.4 Å². The molecule has 0 atom stereocenters. The number of imidazole rings is 1. The molecule has 0 aliphatic carbocycles. The molecule has 0 saturated carbocycles. The summed E-state index contributed by atoms with van der Waals surface area (Å²) in [5.41, 5.74) is 3.00. The molecule has 0 unspecified atom stereocenters. The van der Waals surface area contributed by atoms with Crippen molar-refractivity contribution in [3.63, 3.8) is 0 Å². The van der Waals surface area contributed by atoms with Crippen LogP contribution in [-0.4, -0.2) is 15.3 Å². The first-order valence-corrected chi connectivity index (χ1v) is 9.37. The van der Waals surface area contributed by atoms with Crippen LogP contribution in [0, 0.1) is 0 Å². The van der Waals surface area contributed by atoms with Gasteiger partial charge in [0.05, 0.1) is 17.6 Å². The van der Waals surface area contributed by atoms with Gasteiger partial charge in [0.25, 0.3) is 0 Å². The van der Waals surface area contributed by atoms with Gasteiger partial charge >= 0.3 is 0 Å². The highest BCUT2D eigenvalue weighted by Gasteiger charge is 2.18. The summed E-state index contributed by atoms with van der Waals surface area (Å²) in [5.74, 6) is 0.427. The highest BCUT2D eigenvalue weighted by atomic mass is 16.5. The monoisotopic (exact) mass is 380 g/mol. The molecule has 0 aliphatic heterocycles. The van der Waals surface area contributed by atoms with Crippen LogP contribution >= 0.6 is 0 Å². The summed E-state index contributed by atoms with van der Waals surface area (Å²) in [6, 6.07) is 27.0. The van der Waals surface area contributed by atoms with Crippen molar-refractivity contribution in [3.8, 4) is 5.75 Å². The fraction of sp³-hybridized carbons (Fsp3) is 0.0400. The van der Waals surface area contributed by atoms with E-state index in [0.29, 0.717) is 23.6 Å². The smallest absolute Gasteiger partial charge is 0.213 e. The zero-order valence-electron chi connectivity index (χ0n) is 15.8. The number of aromatic nitrogens is 2. The lowest BCUT2D eigenvalue weighted by atomic mass is 10.0. The topological polar surface area (TPSA) is 44.1 Å². The number of carbonyl (C=O) groups is 1. The normalized spacial score (nSPS) is 11.2. The third-order valence-corrected chi connectivity index (χ3v) is 4.49. The highest BCUT2D eigenvalue weighted by Crippen LogP contribution is 2.25. The van der Waals surface area contributed by atoms with Crippen LogP contribution < -0.4 is 4.74 Å². The average molecular weight is 380 g/mol. The number of para-hydroxylation sites is 1. The van der Waals surface area contributed by atoms with E-state index < -0.39 is 0 Å². The first-order valence-electron chi connectivity index (χ1n) is 9.37. The maximum absolute atomic E-state index is 13.5. The summed E-state index contributed by atoms with van der Waals surface area (Å²) >= 11 is 0. The van der Waals surface area contributed by atoms with Crippen LogP contribution in [0.4, 0.5) is 0 Å². The molecule has 4 heteroatoms. The fourth-order valence-corrected chi connectivity index (χ4v) is 3.02. The zero-order valence-corrected chi connectivity index (χ0v) is 15.8. The minimum absolute atomic E-state index is 0.129. The number of rotatable bonds is 7. The number of Topliss-reactive ketones (excluding diaryl/α,β-unsaturated/α-hetero) is 1. The molecule has 142 valence electrons. The summed E-state index contributed by atoms with van der Waals surface area (Å²) in [6.07, 6.45) is 6.90. The van der Waals surface area contributed by atoms with Gasteiger partial charge in [0.2, 0.25) is 5.78 Å². The van der Waals surface area contributed by atoms with Crippen molar-refractivity contribution < 1.29 is 9.53 Å². The molecule has 4 nitrogen and oxygen atoms in total. The van der Waals surface area contributed by atoms with Crippen LogP contribution in [0.15, 0.2) is 104 Å². The quantitative estimate of drug-likeness (QED) is 0.321. The summed E-state index contributed by atoms with van der Waals surface area (Å²) < 4.78 is 7.71. The molecule has 1 aromatic heterocycles. The molecular weight excluding hydrogens is 360 g/mol. The Morgan fingerprint density at radius 1 is 0.897 bits per heavy atom. The van der Waals surface area contributed by atoms with E-state index in [4.69, 9.17) is 4.74 Å². The number of hydrogen-bond donors (Lipinski definition) is 0. The van der Waals surface area contributed by atoms with Crippen molar-refractivity contribution in [3.05, 3.63) is 120 Å². The summed E-state index contributed by atoms with van der Waals surface area (Å²) in [6.45, 7) is 0.397. The van der Waals surface area contributed by atoms with Crippen LogP contribution in [0.25, 0.3) is 11.8 Å². The number of benzene rings is 3. The molecule has 0 bridgehead atoms. The fourth-order valence-electron chi connectivity index (χ4n) is 3.02. The molecule has 4 aromatic rings. The van der Waals surface area contributed by atoms with Gasteiger partial charge in [0, 0.05) is 12.4 Å². The SMILES string of the molecule is O=C(C(=Cc1ccccc1)n1ccnc1)c1ccccc1OCc1ccccc1. The second-order valence-electron chi connectivity index (χ2n) is 6.51. The molecule has 0 N–H and O–H groups in total. The molecule has 0 aliphatic rings. The maximum atomic E-state index is 13.5. The second kappa shape index (κ2) is 8.85. The third-order valence-electron chi connectivity index (χ3n) is 4.49. The lowest BCUT2D eigenvalue weighted by Crippen LogP contribution is -2.10. The van der Waals surface area contributed by atoms with Crippen molar-refractivity contribution in [2.45, 2.75) is 6.61 Å². The molecule has 0 spiro atoms. The van der Waals surface area contributed by atoms with E-state index in [1.165, 1.54) is 0 Å². The number of ketones is 1. The highest BCUT2D eigenvalue weighted by molar-refractivity contribution is 6.28.